The van der Waals surface area contributed by atoms with E-state index >= 15 is 0 Å². The van der Waals surface area contributed by atoms with Gasteiger partial charge in [-0.3, -0.25) is 5.43 Å². The Morgan fingerprint density at radius 3 is 2.28 bits per heavy atom. The van der Waals surface area contributed by atoms with Crippen LogP contribution < -0.4 is 10.2 Å². The molecule has 0 fully saturated rings. The Hall–Kier alpha value is -2.82. The molecule has 1 aliphatic heterocycles. The summed E-state index contributed by atoms with van der Waals surface area (Å²) < 4.78 is 6.00. The van der Waals surface area contributed by atoms with Gasteiger partial charge in [-0.05, 0) is 71.2 Å². The predicted molar refractivity (Wildman–Crippen MR) is 115 cm³/mol. The molecular formula is C24H28N2O3. The number of aromatic carboxylic acids is 1. The Bertz CT molecular complexity index is 988. The lowest BCUT2D eigenvalue weighted by Crippen LogP contribution is -2.34. The van der Waals surface area contributed by atoms with Crippen LogP contribution in [0.2, 0.25) is 0 Å². The first-order chi connectivity index (χ1) is 13.7. The quantitative estimate of drug-likeness (QED) is 0.693. The molecule has 4 rings (SSSR count). The molecule has 2 aromatic rings. The Morgan fingerprint density at radius 1 is 1.03 bits per heavy atom. The second-order valence-corrected chi connectivity index (χ2v) is 9.31. The number of carboxylic acids is 1. The molecule has 2 aliphatic rings. The van der Waals surface area contributed by atoms with Crippen LogP contribution in [-0.4, -0.2) is 23.4 Å². The number of hydrogen-bond donors (Lipinski definition) is 2. The van der Waals surface area contributed by atoms with Crippen LogP contribution in [0.3, 0.4) is 0 Å². The van der Waals surface area contributed by atoms with Crippen LogP contribution in [0.25, 0.3) is 0 Å². The van der Waals surface area contributed by atoms with Crippen LogP contribution in [0.15, 0.2) is 41.5 Å². The summed E-state index contributed by atoms with van der Waals surface area (Å²) in [6.07, 6.45) is 3.06. The van der Waals surface area contributed by atoms with Crippen molar-refractivity contribution in [3.05, 3.63) is 58.7 Å². The second kappa shape index (κ2) is 6.90. The lowest BCUT2D eigenvalue weighted by molar-refractivity contribution is 0.0697. The average Bonchev–Trinajstić information content (AvgIpc) is 2.69. The molecule has 5 heteroatoms. The third-order valence-corrected chi connectivity index (χ3v) is 6.31. The molecule has 0 bridgehead atoms. The zero-order valence-electron chi connectivity index (χ0n) is 17.5. The van der Waals surface area contributed by atoms with Crippen molar-refractivity contribution in [2.24, 2.45) is 5.10 Å². The molecule has 29 heavy (non-hydrogen) atoms. The molecule has 2 aromatic carbocycles. The first-order valence-corrected chi connectivity index (χ1v) is 10.2. The molecule has 0 saturated heterocycles. The maximum Gasteiger partial charge on any atom is 0.335 e. The lowest BCUT2D eigenvalue weighted by Gasteiger charge is -2.42. The minimum atomic E-state index is -0.934. The number of nitrogens with zero attached hydrogens (tertiary/aromatic N) is 1. The molecule has 0 atom stereocenters. The predicted octanol–water partition coefficient (Wildman–Crippen LogP) is 5.33. The molecule has 0 radical (unpaired) electrons. The summed E-state index contributed by atoms with van der Waals surface area (Å²) in [6.45, 7) is 9.86. The van der Waals surface area contributed by atoms with Crippen LogP contribution in [-0.2, 0) is 10.8 Å². The molecule has 0 unspecified atom stereocenters. The van der Waals surface area contributed by atoms with E-state index < -0.39 is 5.97 Å². The zero-order chi connectivity index (χ0) is 20.8. The number of benzene rings is 2. The highest BCUT2D eigenvalue weighted by molar-refractivity contribution is 6.04. The molecular weight excluding hydrogens is 364 g/mol. The number of anilines is 1. The van der Waals surface area contributed by atoms with E-state index in [9.17, 15) is 4.79 Å². The first kappa shape index (κ1) is 19.5. The Kier molecular flexibility index (Phi) is 4.64. The van der Waals surface area contributed by atoms with Gasteiger partial charge in [-0.25, -0.2) is 4.79 Å². The fraction of sp³-hybridized carbons (Fsp3) is 0.417. The molecule has 2 N–H and O–H groups in total. The second-order valence-electron chi connectivity index (χ2n) is 9.31. The van der Waals surface area contributed by atoms with Gasteiger partial charge in [0.05, 0.1) is 23.6 Å². The first-order valence-electron chi connectivity index (χ1n) is 10.2. The molecule has 0 spiro atoms. The normalized spacial score (nSPS) is 20.3. The molecule has 0 amide bonds. The molecule has 1 heterocycles. The van der Waals surface area contributed by atoms with Crippen molar-refractivity contribution >= 4 is 17.4 Å². The third-order valence-electron chi connectivity index (χ3n) is 6.31. The number of rotatable bonds is 3. The lowest BCUT2D eigenvalue weighted by atomic mass is 9.62. The smallest absolute Gasteiger partial charge is 0.335 e. The summed E-state index contributed by atoms with van der Waals surface area (Å²) in [7, 11) is 0. The number of carboxylic acid groups (broad SMARTS) is 1. The largest absolute Gasteiger partial charge is 0.492 e. The highest BCUT2D eigenvalue weighted by atomic mass is 16.5. The molecule has 5 nitrogen and oxygen atoms in total. The number of fused-ring (bicyclic) bond motifs is 2. The molecule has 1 aliphatic carbocycles. The zero-order valence-corrected chi connectivity index (χ0v) is 17.5. The number of nitrogens with one attached hydrogen (secondary N) is 1. The number of hydrazone groups is 1. The van der Waals surface area contributed by atoms with E-state index in [0.29, 0.717) is 6.61 Å². The standard InChI is InChI=1S/C24H28N2O3/c1-23(2)10-11-24(3,4)19-14-21-17(13-18(19)23)20(9-12-29-21)26-25-16-7-5-15(6-8-16)22(27)28/h5-8,13-14,25H,9-12H2,1-4H3,(H,27,28)/b26-20-. The average molecular weight is 392 g/mol. The highest BCUT2D eigenvalue weighted by Crippen LogP contribution is 2.48. The Morgan fingerprint density at radius 2 is 1.66 bits per heavy atom. The van der Waals surface area contributed by atoms with Gasteiger partial charge in [0.15, 0.2) is 0 Å². The summed E-state index contributed by atoms with van der Waals surface area (Å²) in [5, 5.41) is 13.7. The van der Waals surface area contributed by atoms with Crippen LogP contribution in [0.5, 0.6) is 5.75 Å². The summed E-state index contributed by atoms with van der Waals surface area (Å²) in [5.74, 6) is -0.0286. The fourth-order valence-electron chi connectivity index (χ4n) is 4.27. The van der Waals surface area contributed by atoms with Crippen molar-refractivity contribution < 1.29 is 14.6 Å². The minimum Gasteiger partial charge on any atom is -0.492 e. The van der Waals surface area contributed by atoms with Gasteiger partial charge in [-0.1, -0.05) is 27.7 Å². The summed E-state index contributed by atoms with van der Waals surface area (Å²) in [5.41, 5.74) is 9.15. The summed E-state index contributed by atoms with van der Waals surface area (Å²) in [6, 6.07) is 11.1. The van der Waals surface area contributed by atoms with Gasteiger partial charge >= 0.3 is 5.97 Å². The third kappa shape index (κ3) is 3.61. The van der Waals surface area contributed by atoms with E-state index in [4.69, 9.17) is 9.84 Å². The van der Waals surface area contributed by atoms with Gasteiger partial charge in [0.1, 0.15) is 5.75 Å². The number of ether oxygens (including phenoxy) is 1. The van der Waals surface area contributed by atoms with Crippen molar-refractivity contribution in [2.45, 2.75) is 57.8 Å². The summed E-state index contributed by atoms with van der Waals surface area (Å²) >= 11 is 0. The summed E-state index contributed by atoms with van der Waals surface area (Å²) in [4.78, 5) is 11.0. The van der Waals surface area contributed by atoms with Crippen LogP contribution in [0.1, 0.15) is 74.0 Å². The van der Waals surface area contributed by atoms with E-state index in [1.54, 1.807) is 24.3 Å². The van der Waals surface area contributed by atoms with Gasteiger partial charge in [0.25, 0.3) is 0 Å². The topological polar surface area (TPSA) is 70.9 Å². The highest BCUT2D eigenvalue weighted by Gasteiger charge is 2.38. The SMILES string of the molecule is CC1(C)CCC(C)(C)c2cc3c(cc21)OCC/C3=N/Nc1ccc(C(=O)O)cc1. The van der Waals surface area contributed by atoms with E-state index in [1.807, 2.05) is 0 Å². The number of hydrogen-bond acceptors (Lipinski definition) is 4. The van der Waals surface area contributed by atoms with Gasteiger partial charge in [-0.2, -0.15) is 5.10 Å². The minimum absolute atomic E-state index is 0.128. The van der Waals surface area contributed by atoms with E-state index in [1.165, 1.54) is 17.5 Å². The van der Waals surface area contributed by atoms with Crippen molar-refractivity contribution in [3.8, 4) is 5.75 Å². The number of carbonyl (C=O) groups is 1. The van der Waals surface area contributed by atoms with Crippen molar-refractivity contribution in [1.29, 1.82) is 0 Å². The van der Waals surface area contributed by atoms with Gasteiger partial charge in [0, 0.05) is 12.0 Å². The van der Waals surface area contributed by atoms with Crippen LogP contribution in [0, 0.1) is 0 Å². The molecule has 152 valence electrons. The monoisotopic (exact) mass is 392 g/mol. The maximum absolute atomic E-state index is 11.0. The maximum atomic E-state index is 11.0. The fourth-order valence-corrected chi connectivity index (χ4v) is 4.27. The Balaban J connectivity index is 1.69. The van der Waals surface area contributed by atoms with E-state index in [0.717, 1.165) is 35.6 Å². The Labute approximate surface area is 171 Å². The van der Waals surface area contributed by atoms with Crippen molar-refractivity contribution in [2.75, 3.05) is 12.0 Å². The van der Waals surface area contributed by atoms with Gasteiger partial charge in [-0.15, -0.1) is 0 Å². The molecule has 0 saturated carbocycles. The van der Waals surface area contributed by atoms with Crippen LogP contribution in [0.4, 0.5) is 5.69 Å². The van der Waals surface area contributed by atoms with Crippen molar-refractivity contribution in [1.82, 2.24) is 0 Å². The molecule has 0 aromatic heterocycles. The van der Waals surface area contributed by atoms with E-state index in [2.05, 4.69) is 50.4 Å². The van der Waals surface area contributed by atoms with Crippen molar-refractivity contribution in [3.63, 3.8) is 0 Å². The van der Waals surface area contributed by atoms with E-state index in [-0.39, 0.29) is 16.4 Å². The van der Waals surface area contributed by atoms with Gasteiger partial charge < -0.3 is 9.84 Å². The van der Waals surface area contributed by atoms with Crippen LogP contribution >= 0.6 is 0 Å². The van der Waals surface area contributed by atoms with Gasteiger partial charge in [0.2, 0.25) is 0 Å².